The van der Waals surface area contributed by atoms with Gasteiger partial charge in [0.2, 0.25) is 0 Å². The molecule has 0 bridgehead atoms. The van der Waals surface area contributed by atoms with Gasteiger partial charge in [0.15, 0.2) is 5.69 Å². The average molecular weight is 181 g/mol. The Bertz CT molecular complexity index is 311. The largest absolute Gasteiger partial charge is 0.628 e. The topological polar surface area (TPSA) is 62.6 Å². The van der Waals surface area contributed by atoms with Crippen molar-refractivity contribution in [1.29, 1.82) is 0 Å². The van der Waals surface area contributed by atoms with Gasteiger partial charge in [0.25, 0.3) is 0 Å². The van der Waals surface area contributed by atoms with Gasteiger partial charge in [0.05, 0.1) is 5.69 Å². The summed E-state index contributed by atoms with van der Waals surface area (Å²) < 4.78 is 0. The number of rotatable bonds is 2. The highest BCUT2D eigenvalue weighted by atomic mass is 16.8. The summed E-state index contributed by atoms with van der Waals surface area (Å²) in [6.07, 6.45) is 0. The molecule has 4 heteroatoms. The van der Waals surface area contributed by atoms with E-state index in [9.17, 15) is 10.4 Å². The molecule has 0 spiro atoms. The summed E-state index contributed by atoms with van der Waals surface area (Å²) in [6, 6.07) is 3.43. The van der Waals surface area contributed by atoms with Crippen LogP contribution in [0.25, 0.3) is 0 Å². The van der Waals surface area contributed by atoms with E-state index in [0.29, 0.717) is 5.69 Å². The maximum atomic E-state index is 10.7. The predicted octanol–water partition coefficient (Wildman–Crippen LogP) is 0.857. The highest BCUT2D eigenvalue weighted by molar-refractivity contribution is 5.64. The van der Waals surface area contributed by atoms with Crippen LogP contribution < -0.4 is 10.5 Å². The van der Waals surface area contributed by atoms with Gasteiger partial charge >= 0.3 is 0 Å². The zero-order valence-corrected chi connectivity index (χ0v) is 7.97. The lowest BCUT2D eigenvalue weighted by Crippen LogP contribution is -2.96. The SMILES string of the molecule is CNc1cc(C)c(C)cc1[NH+]([O-])[O-]. The molecule has 0 fully saturated rings. The summed E-state index contributed by atoms with van der Waals surface area (Å²) >= 11 is 0. The van der Waals surface area contributed by atoms with E-state index >= 15 is 0 Å². The van der Waals surface area contributed by atoms with Gasteiger partial charge in [-0.15, -0.1) is 0 Å². The fourth-order valence-electron chi connectivity index (χ4n) is 1.19. The molecular formula is C9H13N2O2-. The van der Waals surface area contributed by atoms with Crippen molar-refractivity contribution in [3.05, 3.63) is 33.7 Å². The lowest BCUT2D eigenvalue weighted by atomic mass is 10.1. The molecule has 0 saturated heterocycles. The predicted molar refractivity (Wildman–Crippen MR) is 52.8 cm³/mol. The molecule has 1 aromatic rings. The quantitative estimate of drug-likeness (QED) is 0.665. The van der Waals surface area contributed by atoms with Crippen molar-refractivity contribution in [2.45, 2.75) is 13.8 Å². The van der Waals surface area contributed by atoms with Crippen molar-refractivity contribution in [1.82, 2.24) is 0 Å². The fourth-order valence-corrected chi connectivity index (χ4v) is 1.19. The Morgan fingerprint density at radius 1 is 1.15 bits per heavy atom. The van der Waals surface area contributed by atoms with Crippen molar-refractivity contribution in [2.75, 3.05) is 12.4 Å². The molecule has 1 aromatic carbocycles. The zero-order valence-electron chi connectivity index (χ0n) is 7.97. The second-order valence-corrected chi connectivity index (χ2v) is 3.02. The summed E-state index contributed by atoms with van der Waals surface area (Å²) in [4.78, 5) is 0. The Labute approximate surface area is 77.3 Å². The van der Waals surface area contributed by atoms with E-state index < -0.39 is 5.23 Å². The van der Waals surface area contributed by atoms with Gasteiger partial charge in [0, 0.05) is 13.1 Å². The van der Waals surface area contributed by atoms with Gasteiger partial charge in [0.1, 0.15) is 0 Å². The van der Waals surface area contributed by atoms with Gasteiger partial charge in [-0.25, -0.2) is 0 Å². The second-order valence-electron chi connectivity index (χ2n) is 3.02. The number of quaternary nitrogens is 1. The highest BCUT2D eigenvalue weighted by Crippen LogP contribution is 2.21. The Morgan fingerprint density at radius 2 is 1.69 bits per heavy atom. The van der Waals surface area contributed by atoms with Crippen molar-refractivity contribution in [2.24, 2.45) is 0 Å². The van der Waals surface area contributed by atoms with Crippen LogP contribution >= 0.6 is 0 Å². The van der Waals surface area contributed by atoms with Crippen LogP contribution in [0.15, 0.2) is 12.1 Å². The first-order chi connectivity index (χ1) is 6.06. The van der Waals surface area contributed by atoms with E-state index in [1.54, 1.807) is 19.2 Å². The summed E-state index contributed by atoms with van der Waals surface area (Å²) in [5.41, 5.74) is 2.83. The van der Waals surface area contributed by atoms with Gasteiger partial charge < -0.3 is 21.0 Å². The van der Waals surface area contributed by atoms with E-state index in [-0.39, 0.29) is 5.69 Å². The molecule has 2 N–H and O–H groups in total. The van der Waals surface area contributed by atoms with Crippen LogP contribution in [-0.4, -0.2) is 7.05 Å². The molecule has 0 amide bonds. The Morgan fingerprint density at radius 3 is 2.15 bits per heavy atom. The molecule has 13 heavy (non-hydrogen) atoms. The second kappa shape index (κ2) is 3.74. The molecule has 0 atom stereocenters. The number of aryl methyl sites for hydroxylation is 2. The molecule has 0 aliphatic rings. The lowest BCUT2D eigenvalue weighted by molar-refractivity contribution is -0.714. The van der Waals surface area contributed by atoms with Crippen molar-refractivity contribution in [3.8, 4) is 0 Å². The number of hydrogen-bond donors (Lipinski definition) is 2. The molecule has 0 saturated carbocycles. The Hall–Kier alpha value is -1.10. The van der Waals surface area contributed by atoms with E-state index in [1.807, 2.05) is 13.8 Å². The zero-order chi connectivity index (χ0) is 10.0. The first kappa shape index (κ1) is 9.98. The van der Waals surface area contributed by atoms with Crippen molar-refractivity contribution >= 4 is 11.4 Å². The van der Waals surface area contributed by atoms with E-state index in [4.69, 9.17) is 0 Å². The molecule has 0 heterocycles. The number of nitrogens with one attached hydrogen (secondary N) is 2. The van der Waals surface area contributed by atoms with Crippen LogP contribution in [0.5, 0.6) is 0 Å². The summed E-state index contributed by atoms with van der Waals surface area (Å²) in [5.74, 6) is 0. The van der Waals surface area contributed by atoms with E-state index in [2.05, 4.69) is 5.32 Å². The molecular weight excluding hydrogens is 168 g/mol. The van der Waals surface area contributed by atoms with Crippen LogP contribution in [-0.2, 0) is 0 Å². The summed E-state index contributed by atoms with van der Waals surface area (Å²) in [6.45, 7) is 3.82. The van der Waals surface area contributed by atoms with E-state index in [1.165, 1.54) is 0 Å². The molecule has 4 nitrogen and oxygen atoms in total. The van der Waals surface area contributed by atoms with Crippen LogP contribution in [0, 0.1) is 24.3 Å². The average Bonchev–Trinajstić information content (AvgIpc) is 2.08. The van der Waals surface area contributed by atoms with Gasteiger partial charge in [-0.1, -0.05) is 0 Å². The Kier molecular flexibility index (Phi) is 2.87. The van der Waals surface area contributed by atoms with Crippen LogP contribution in [0.2, 0.25) is 0 Å². The maximum absolute atomic E-state index is 10.7. The van der Waals surface area contributed by atoms with Gasteiger partial charge in [-0.3, -0.25) is 0 Å². The van der Waals surface area contributed by atoms with Crippen LogP contribution in [0.1, 0.15) is 11.1 Å². The third-order valence-corrected chi connectivity index (χ3v) is 2.12. The first-order valence-electron chi connectivity index (χ1n) is 4.06. The van der Waals surface area contributed by atoms with Crippen molar-refractivity contribution < 1.29 is 5.23 Å². The lowest BCUT2D eigenvalue weighted by Gasteiger charge is -2.27. The summed E-state index contributed by atoms with van der Waals surface area (Å²) in [5, 5.41) is 23.1. The summed E-state index contributed by atoms with van der Waals surface area (Å²) in [7, 11) is 1.69. The Balaban J connectivity index is 3.25. The third-order valence-electron chi connectivity index (χ3n) is 2.12. The third kappa shape index (κ3) is 1.98. The highest BCUT2D eigenvalue weighted by Gasteiger charge is 2.05. The minimum Gasteiger partial charge on any atom is -0.628 e. The van der Waals surface area contributed by atoms with Gasteiger partial charge in [-0.2, -0.15) is 0 Å². The molecule has 0 aliphatic heterocycles. The molecule has 0 radical (unpaired) electrons. The number of benzene rings is 1. The monoisotopic (exact) mass is 181 g/mol. The minimum absolute atomic E-state index is 0.214. The molecule has 1 rings (SSSR count). The number of anilines is 1. The van der Waals surface area contributed by atoms with E-state index in [0.717, 1.165) is 11.1 Å². The normalized spacial score (nSPS) is 10.6. The standard InChI is InChI=1S/C9H13N2O2/c1-6-4-8(10-3)9(11(12)13)5-7(6)2/h4-5,10-11H,1-3H3/q-1. The maximum Gasteiger partial charge on any atom is 0.154 e. The number of hydrogen-bond acceptors (Lipinski definition) is 3. The molecule has 0 aliphatic carbocycles. The molecule has 0 aromatic heterocycles. The first-order valence-corrected chi connectivity index (χ1v) is 4.06. The van der Waals surface area contributed by atoms with Crippen molar-refractivity contribution in [3.63, 3.8) is 0 Å². The van der Waals surface area contributed by atoms with Gasteiger partial charge in [-0.05, 0) is 31.0 Å². The fraction of sp³-hybridized carbons (Fsp3) is 0.333. The molecule has 72 valence electrons. The molecule has 0 unspecified atom stereocenters. The smallest absolute Gasteiger partial charge is 0.154 e. The minimum atomic E-state index is -1.15. The van der Waals surface area contributed by atoms with Crippen LogP contribution in [0.4, 0.5) is 11.4 Å². The van der Waals surface area contributed by atoms with Crippen LogP contribution in [0.3, 0.4) is 0 Å².